The van der Waals surface area contributed by atoms with E-state index in [9.17, 15) is 5.11 Å². The zero-order valence-electron chi connectivity index (χ0n) is 13.8. The summed E-state index contributed by atoms with van der Waals surface area (Å²) in [6.45, 7) is 6.80. The predicted octanol–water partition coefficient (Wildman–Crippen LogP) is 4.18. The Morgan fingerprint density at radius 3 is 2.71 bits per heavy atom. The smallest absolute Gasteiger partial charge is 0.125 e. The van der Waals surface area contributed by atoms with Gasteiger partial charge in [0.25, 0.3) is 0 Å². The maximum atomic E-state index is 10.4. The van der Waals surface area contributed by atoms with Crippen LogP contribution in [0.3, 0.4) is 0 Å². The van der Waals surface area contributed by atoms with Gasteiger partial charge in [-0.05, 0) is 66.0 Å². The van der Waals surface area contributed by atoms with Crippen LogP contribution < -0.4 is 4.74 Å². The van der Waals surface area contributed by atoms with Crippen LogP contribution >= 0.6 is 0 Å². The van der Waals surface area contributed by atoms with Gasteiger partial charge in [-0.15, -0.1) is 0 Å². The van der Waals surface area contributed by atoms with Crippen LogP contribution in [0.4, 0.5) is 0 Å². The lowest BCUT2D eigenvalue weighted by Gasteiger charge is -2.49. The lowest BCUT2D eigenvalue weighted by Crippen LogP contribution is -2.46. The largest absolute Gasteiger partial charge is 0.496 e. The van der Waals surface area contributed by atoms with Crippen molar-refractivity contribution in [3.05, 3.63) is 28.8 Å². The molecule has 1 aromatic carbocycles. The Bertz CT molecular complexity index is 535. The minimum Gasteiger partial charge on any atom is -0.496 e. The molecule has 1 N–H and O–H groups in total. The van der Waals surface area contributed by atoms with Crippen molar-refractivity contribution in [3.63, 3.8) is 0 Å². The molecule has 0 radical (unpaired) electrons. The summed E-state index contributed by atoms with van der Waals surface area (Å²) < 4.78 is 5.79. The van der Waals surface area contributed by atoms with Gasteiger partial charge in [-0.2, -0.15) is 0 Å². The summed E-state index contributed by atoms with van der Waals surface area (Å²) in [5, 5.41) is 10.4. The van der Waals surface area contributed by atoms with Crippen molar-refractivity contribution in [2.24, 2.45) is 5.92 Å². The third-order valence-electron chi connectivity index (χ3n) is 5.92. The molecule has 0 bridgehead atoms. The van der Waals surface area contributed by atoms with Gasteiger partial charge in [0.05, 0.1) is 13.2 Å². The number of methoxy groups -OCH3 is 1. The van der Waals surface area contributed by atoms with Crippen molar-refractivity contribution < 1.29 is 9.84 Å². The summed E-state index contributed by atoms with van der Waals surface area (Å²) in [6, 6.07) is 4.56. The maximum absolute atomic E-state index is 10.4. The summed E-state index contributed by atoms with van der Waals surface area (Å²) in [7, 11) is 1.80. The fraction of sp³-hybridized carbons (Fsp3) is 0.684. The van der Waals surface area contributed by atoms with Gasteiger partial charge in [0.2, 0.25) is 0 Å². The van der Waals surface area contributed by atoms with E-state index >= 15 is 0 Å². The van der Waals surface area contributed by atoms with Crippen LogP contribution in [0, 0.1) is 5.92 Å². The summed E-state index contributed by atoms with van der Waals surface area (Å²) in [6.07, 6.45) is 5.27. The molecule has 0 spiro atoms. The van der Waals surface area contributed by atoms with E-state index in [2.05, 4.69) is 32.9 Å². The van der Waals surface area contributed by atoms with Gasteiger partial charge in [-0.1, -0.05) is 32.9 Å². The fourth-order valence-corrected chi connectivity index (χ4v) is 4.76. The van der Waals surface area contributed by atoms with Gasteiger partial charge in [-0.3, -0.25) is 0 Å². The first kappa shape index (κ1) is 14.9. The van der Waals surface area contributed by atoms with E-state index in [1.165, 1.54) is 23.1 Å². The summed E-state index contributed by atoms with van der Waals surface area (Å²) in [4.78, 5) is 0. The van der Waals surface area contributed by atoms with Gasteiger partial charge >= 0.3 is 0 Å². The molecule has 3 atom stereocenters. The Kier molecular flexibility index (Phi) is 3.77. The molecular weight excluding hydrogens is 260 g/mol. The van der Waals surface area contributed by atoms with E-state index in [1.807, 2.05) is 0 Å². The average molecular weight is 288 g/mol. The number of aliphatic hydroxyl groups is 1. The van der Waals surface area contributed by atoms with Gasteiger partial charge in [0.15, 0.2) is 0 Å². The molecule has 0 unspecified atom stereocenters. The topological polar surface area (TPSA) is 29.5 Å². The second-order valence-electron chi connectivity index (χ2n) is 7.39. The first-order valence-corrected chi connectivity index (χ1v) is 8.37. The highest BCUT2D eigenvalue weighted by Gasteiger charge is 2.46. The standard InChI is InChI=1S/C19H28O2/c1-12(2)13-7-9-15-14(18(13)21-4)8-10-16-17(20)6-5-11-19(15,16)3/h7,9,12,16-17,20H,5-6,8,10-11H2,1-4H3/t16-,17-,19+/m0/s1. The number of rotatable bonds is 2. The molecule has 0 heterocycles. The van der Waals surface area contributed by atoms with Gasteiger partial charge < -0.3 is 9.84 Å². The molecule has 1 saturated carbocycles. The summed E-state index contributed by atoms with van der Waals surface area (Å²) >= 11 is 0. The average Bonchev–Trinajstić information content (AvgIpc) is 2.45. The van der Waals surface area contributed by atoms with E-state index in [0.717, 1.165) is 31.4 Å². The van der Waals surface area contributed by atoms with Crippen molar-refractivity contribution in [1.82, 2.24) is 0 Å². The normalized spacial score (nSPS) is 31.7. The van der Waals surface area contributed by atoms with E-state index in [0.29, 0.717) is 11.8 Å². The Balaban J connectivity index is 2.13. The molecule has 2 heteroatoms. The minimum atomic E-state index is -0.132. The molecule has 2 aliphatic carbocycles. The molecule has 3 rings (SSSR count). The van der Waals surface area contributed by atoms with Crippen molar-refractivity contribution in [3.8, 4) is 5.75 Å². The molecule has 21 heavy (non-hydrogen) atoms. The third-order valence-corrected chi connectivity index (χ3v) is 5.92. The molecule has 2 nitrogen and oxygen atoms in total. The van der Waals surface area contributed by atoms with Gasteiger partial charge in [-0.25, -0.2) is 0 Å². The van der Waals surface area contributed by atoms with E-state index in [-0.39, 0.29) is 11.5 Å². The summed E-state index contributed by atoms with van der Waals surface area (Å²) in [5.41, 5.74) is 4.26. The zero-order valence-corrected chi connectivity index (χ0v) is 13.8. The molecule has 116 valence electrons. The second kappa shape index (κ2) is 5.31. The van der Waals surface area contributed by atoms with Crippen molar-refractivity contribution in [1.29, 1.82) is 0 Å². The third kappa shape index (κ3) is 2.19. The number of hydrogen-bond acceptors (Lipinski definition) is 2. The first-order valence-electron chi connectivity index (χ1n) is 8.37. The predicted molar refractivity (Wildman–Crippen MR) is 86.1 cm³/mol. The molecule has 0 amide bonds. The Hall–Kier alpha value is -1.02. The molecule has 0 aromatic heterocycles. The van der Waals surface area contributed by atoms with Crippen LogP contribution in [0.15, 0.2) is 12.1 Å². The van der Waals surface area contributed by atoms with Crippen LogP contribution in [0.1, 0.15) is 69.1 Å². The summed E-state index contributed by atoms with van der Waals surface area (Å²) in [5.74, 6) is 1.99. The quantitative estimate of drug-likeness (QED) is 0.884. The van der Waals surface area contributed by atoms with Crippen LogP contribution in [-0.2, 0) is 11.8 Å². The first-order chi connectivity index (χ1) is 9.99. The van der Waals surface area contributed by atoms with Crippen molar-refractivity contribution in [2.45, 2.75) is 70.3 Å². The van der Waals surface area contributed by atoms with Crippen molar-refractivity contribution in [2.75, 3.05) is 7.11 Å². The lowest BCUT2D eigenvalue weighted by molar-refractivity contribution is 0.00995. The number of ether oxygens (including phenoxy) is 1. The molecule has 0 saturated heterocycles. The van der Waals surface area contributed by atoms with Gasteiger partial charge in [0.1, 0.15) is 5.75 Å². The van der Waals surface area contributed by atoms with E-state index in [4.69, 9.17) is 4.74 Å². The molecule has 2 aliphatic rings. The van der Waals surface area contributed by atoms with Crippen molar-refractivity contribution >= 4 is 0 Å². The van der Waals surface area contributed by atoms with Crippen LogP contribution in [-0.4, -0.2) is 18.3 Å². The van der Waals surface area contributed by atoms with E-state index in [1.54, 1.807) is 7.11 Å². The molecule has 0 aliphatic heterocycles. The zero-order chi connectivity index (χ0) is 15.2. The van der Waals surface area contributed by atoms with E-state index < -0.39 is 0 Å². The number of fused-ring (bicyclic) bond motifs is 3. The highest BCUT2D eigenvalue weighted by atomic mass is 16.5. The maximum Gasteiger partial charge on any atom is 0.125 e. The Labute approximate surface area is 128 Å². The fourth-order valence-electron chi connectivity index (χ4n) is 4.76. The van der Waals surface area contributed by atoms with Crippen LogP contribution in [0.2, 0.25) is 0 Å². The second-order valence-corrected chi connectivity index (χ2v) is 7.39. The molecule has 1 fully saturated rings. The minimum absolute atomic E-state index is 0.119. The Morgan fingerprint density at radius 1 is 1.29 bits per heavy atom. The lowest BCUT2D eigenvalue weighted by atomic mass is 9.57. The number of benzene rings is 1. The number of aliphatic hydroxyl groups excluding tert-OH is 1. The van der Waals surface area contributed by atoms with Crippen LogP contribution in [0.25, 0.3) is 0 Å². The highest BCUT2D eigenvalue weighted by molar-refractivity contribution is 5.52. The molecule has 1 aromatic rings. The van der Waals surface area contributed by atoms with Crippen LogP contribution in [0.5, 0.6) is 5.75 Å². The highest BCUT2D eigenvalue weighted by Crippen LogP contribution is 2.52. The SMILES string of the molecule is COc1c(C(C)C)ccc2c1CC[C@H]1[C@@H](O)CCC[C@]21C. The number of hydrogen-bond donors (Lipinski definition) is 1. The van der Waals surface area contributed by atoms with Gasteiger partial charge in [0, 0.05) is 0 Å². The Morgan fingerprint density at radius 2 is 2.05 bits per heavy atom. The molecular formula is C19H28O2. The monoisotopic (exact) mass is 288 g/mol.